The SMILES string of the molecule is Cc1cc(-c2n[nH]c(-c3cccs3)n2)no1. The summed E-state index contributed by atoms with van der Waals surface area (Å²) in [6, 6.07) is 5.77. The summed E-state index contributed by atoms with van der Waals surface area (Å²) in [6.07, 6.45) is 0. The Morgan fingerprint density at radius 3 is 3.06 bits per heavy atom. The third kappa shape index (κ3) is 1.53. The molecule has 0 spiro atoms. The van der Waals surface area contributed by atoms with Crippen LogP contribution in [-0.4, -0.2) is 20.3 Å². The minimum atomic E-state index is 0.556. The number of aromatic amines is 1. The molecule has 5 nitrogen and oxygen atoms in total. The average Bonchev–Trinajstić information content (AvgIpc) is 2.97. The van der Waals surface area contributed by atoms with Gasteiger partial charge in [0.1, 0.15) is 5.76 Å². The van der Waals surface area contributed by atoms with E-state index in [0.29, 0.717) is 11.5 Å². The molecule has 1 N–H and O–H groups in total. The van der Waals surface area contributed by atoms with Gasteiger partial charge >= 0.3 is 0 Å². The molecule has 0 aliphatic heterocycles. The van der Waals surface area contributed by atoms with E-state index in [1.54, 1.807) is 17.4 Å². The fraction of sp³-hybridized carbons (Fsp3) is 0.100. The molecule has 16 heavy (non-hydrogen) atoms. The Kier molecular flexibility index (Phi) is 2.07. The van der Waals surface area contributed by atoms with Crippen LogP contribution in [0.25, 0.3) is 22.2 Å². The lowest BCUT2D eigenvalue weighted by Gasteiger charge is -1.85. The highest BCUT2D eigenvalue weighted by atomic mass is 32.1. The Bertz CT molecular complexity index is 596. The Labute approximate surface area is 95.1 Å². The van der Waals surface area contributed by atoms with E-state index in [4.69, 9.17) is 4.52 Å². The number of H-pyrrole nitrogens is 1. The van der Waals surface area contributed by atoms with Gasteiger partial charge in [0, 0.05) is 6.07 Å². The highest BCUT2D eigenvalue weighted by Crippen LogP contribution is 2.23. The second kappa shape index (κ2) is 3.57. The van der Waals surface area contributed by atoms with Crippen LogP contribution in [0.15, 0.2) is 28.1 Å². The number of rotatable bonds is 2. The Morgan fingerprint density at radius 1 is 1.44 bits per heavy atom. The molecule has 3 rings (SSSR count). The first-order valence-corrected chi connectivity index (χ1v) is 5.61. The van der Waals surface area contributed by atoms with Crippen LogP contribution in [0.4, 0.5) is 0 Å². The molecule has 0 aromatic carbocycles. The predicted molar refractivity (Wildman–Crippen MR) is 59.9 cm³/mol. The Morgan fingerprint density at radius 2 is 2.38 bits per heavy atom. The zero-order valence-corrected chi connectivity index (χ0v) is 9.28. The third-order valence-electron chi connectivity index (χ3n) is 2.10. The quantitative estimate of drug-likeness (QED) is 0.737. The number of nitrogens with zero attached hydrogens (tertiary/aromatic N) is 3. The highest BCUT2D eigenvalue weighted by molar-refractivity contribution is 7.13. The predicted octanol–water partition coefficient (Wildman–Crippen LogP) is 2.50. The van der Waals surface area contributed by atoms with Gasteiger partial charge in [0.05, 0.1) is 4.88 Å². The van der Waals surface area contributed by atoms with Crippen molar-refractivity contribution in [3.63, 3.8) is 0 Å². The molecule has 0 aliphatic rings. The largest absolute Gasteiger partial charge is 0.361 e. The van der Waals surface area contributed by atoms with Crippen molar-refractivity contribution in [3.8, 4) is 22.2 Å². The average molecular weight is 232 g/mol. The maximum absolute atomic E-state index is 4.98. The number of nitrogens with one attached hydrogen (secondary N) is 1. The summed E-state index contributed by atoms with van der Waals surface area (Å²) in [7, 11) is 0. The minimum Gasteiger partial charge on any atom is -0.361 e. The molecule has 3 heterocycles. The number of aromatic nitrogens is 4. The molecule has 0 unspecified atom stereocenters. The zero-order valence-electron chi connectivity index (χ0n) is 8.47. The Balaban J connectivity index is 2.00. The van der Waals surface area contributed by atoms with Crippen LogP contribution < -0.4 is 0 Å². The molecule has 0 saturated carbocycles. The lowest BCUT2D eigenvalue weighted by molar-refractivity contribution is 0.399. The molecular formula is C10H8N4OS. The van der Waals surface area contributed by atoms with Crippen molar-refractivity contribution in [1.82, 2.24) is 20.3 Å². The van der Waals surface area contributed by atoms with Crippen molar-refractivity contribution in [2.45, 2.75) is 6.92 Å². The van der Waals surface area contributed by atoms with Crippen LogP contribution in [0.5, 0.6) is 0 Å². The van der Waals surface area contributed by atoms with Crippen LogP contribution in [0.1, 0.15) is 5.76 Å². The second-order valence-electron chi connectivity index (χ2n) is 3.31. The first kappa shape index (κ1) is 9.29. The molecule has 0 atom stereocenters. The second-order valence-corrected chi connectivity index (χ2v) is 4.26. The van der Waals surface area contributed by atoms with Gasteiger partial charge in [-0.25, -0.2) is 4.98 Å². The summed E-state index contributed by atoms with van der Waals surface area (Å²) in [6.45, 7) is 1.84. The van der Waals surface area contributed by atoms with E-state index in [9.17, 15) is 0 Å². The number of thiophene rings is 1. The van der Waals surface area contributed by atoms with Crippen molar-refractivity contribution in [2.75, 3.05) is 0 Å². The van der Waals surface area contributed by atoms with E-state index >= 15 is 0 Å². The maximum atomic E-state index is 4.98. The highest BCUT2D eigenvalue weighted by Gasteiger charge is 2.11. The van der Waals surface area contributed by atoms with Crippen LogP contribution in [0, 0.1) is 6.92 Å². The van der Waals surface area contributed by atoms with Gasteiger partial charge in [-0.3, -0.25) is 5.10 Å². The number of aryl methyl sites for hydroxylation is 1. The molecule has 0 radical (unpaired) electrons. The summed E-state index contributed by atoms with van der Waals surface area (Å²) in [5.74, 6) is 2.06. The first-order valence-electron chi connectivity index (χ1n) is 4.73. The standard InChI is InChI=1S/C10H8N4OS/c1-6-5-7(14-15-6)9-11-10(13-12-9)8-3-2-4-16-8/h2-5H,1H3,(H,11,12,13). The van der Waals surface area contributed by atoms with E-state index in [2.05, 4.69) is 20.3 Å². The lowest BCUT2D eigenvalue weighted by atomic mass is 10.3. The summed E-state index contributed by atoms with van der Waals surface area (Å²) in [5, 5.41) is 12.8. The fourth-order valence-electron chi connectivity index (χ4n) is 1.37. The summed E-state index contributed by atoms with van der Waals surface area (Å²) in [5.41, 5.74) is 0.650. The van der Waals surface area contributed by atoms with Crippen LogP contribution in [0.3, 0.4) is 0 Å². The monoisotopic (exact) mass is 232 g/mol. The van der Waals surface area contributed by atoms with Gasteiger partial charge < -0.3 is 4.52 Å². The lowest BCUT2D eigenvalue weighted by Crippen LogP contribution is -1.79. The fourth-order valence-corrected chi connectivity index (χ4v) is 2.04. The molecule has 3 aromatic heterocycles. The van der Waals surface area contributed by atoms with Crippen LogP contribution in [-0.2, 0) is 0 Å². The van der Waals surface area contributed by atoms with Gasteiger partial charge in [-0.15, -0.1) is 11.3 Å². The van der Waals surface area contributed by atoms with Crippen molar-refractivity contribution in [2.24, 2.45) is 0 Å². The first-order chi connectivity index (χ1) is 7.83. The molecule has 6 heteroatoms. The van der Waals surface area contributed by atoms with Crippen molar-refractivity contribution in [3.05, 3.63) is 29.3 Å². The molecule has 0 fully saturated rings. The van der Waals surface area contributed by atoms with E-state index in [-0.39, 0.29) is 0 Å². The van der Waals surface area contributed by atoms with E-state index < -0.39 is 0 Å². The van der Waals surface area contributed by atoms with Gasteiger partial charge in [0.15, 0.2) is 11.5 Å². The molecule has 0 amide bonds. The third-order valence-corrected chi connectivity index (χ3v) is 2.97. The van der Waals surface area contributed by atoms with Gasteiger partial charge in [0.25, 0.3) is 0 Å². The van der Waals surface area contributed by atoms with E-state index in [1.807, 2.05) is 24.4 Å². The van der Waals surface area contributed by atoms with Crippen molar-refractivity contribution < 1.29 is 4.52 Å². The van der Waals surface area contributed by atoms with Gasteiger partial charge in [-0.1, -0.05) is 11.2 Å². The van der Waals surface area contributed by atoms with Gasteiger partial charge in [-0.05, 0) is 18.4 Å². The Hall–Kier alpha value is -1.95. The van der Waals surface area contributed by atoms with Gasteiger partial charge in [-0.2, -0.15) is 5.10 Å². The summed E-state index contributed by atoms with van der Waals surface area (Å²) < 4.78 is 4.98. The van der Waals surface area contributed by atoms with Crippen molar-refractivity contribution >= 4 is 11.3 Å². The smallest absolute Gasteiger partial charge is 0.203 e. The number of hydrogen-bond acceptors (Lipinski definition) is 5. The van der Waals surface area contributed by atoms with Gasteiger partial charge in [0.2, 0.25) is 5.82 Å². The maximum Gasteiger partial charge on any atom is 0.203 e. The van der Waals surface area contributed by atoms with E-state index in [1.165, 1.54) is 0 Å². The van der Waals surface area contributed by atoms with Crippen molar-refractivity contribution in [1.29, 1.82) is 0 Å². The molecule has 0 aliphatic carbocycles. The summed E-state index contributed by atoms with van der Waals surface area (Å²) >= 11 is 1.61. The molecule has 80 valence electrons. The minimum absolute atomic E-state index is 0.556. The molecule has 0 saturated heterocycles. The van der Waals surface area contributed by atoms with E-state index in [0.717, 1.165) is 16.5 Å². The molecule has 0 bridgehead atoms. The molecular weight excluding hydrogens is 224 g/mol. The normalized spacial score (nSPS) is 10.8. The summed E-state index contributed by atoms with van der Waals surface area (Å²) in [4.78, 5) is 5.41. The molecule has 3 aromatic rings. The zero-order chi connectivity index (χ0) is 11.0. The topological polar surface area (TPSA) is 67.6 Å². The van der Waals surface area contributed by atoms with Crippen LogP contribution in [0.2, 0.25) is 0 Å². The number of hydrogen-bond donors (Lipinski definition) is 1. The van der Waals surface area contributed by atoms with Crippen LogP contribution >= 0.6 is 11.3 Å².